The largest absolute Gasteiger partial charge is 0.418 e. The average molecular weight is 431 g/mol. The number of unbranched alkanes of at least 4 members (excludes halogenated alkanes) is 1. The molecule has 0 aliphatic carbocycles. The first-order valence-corrected chi connectivity index (χ1v) is 10.4. The van der Waals surface area contributed by atoms with Gasteiger partial charge in [-0.05, 0) is 36.8 Å². The Balaban J connectivity index is 1.93. The molecule has 1 aromatic heterocycles. The van der Waals surface area contributed by atoms with Crippen LogP contribution in [-0.4, -0.2) is 35.9 Å². The summed E-state index contributed by atoms with van der Waals surface area (Å²) in [7, 11) is 0. The molecule has 2 heterocycles. The van der Waals surface area contributed by atoms with Gasteiger partial charge < -0.3 is 9.64 Å². The van der Waals surface area contributed by atoms with Crippen LogP contribution in [0, 0.1) is 0 Å². The zero-order valence-electron chi connectivity index (χ0n) is 17.3. The zero-order valence-corrected chi connectivity index (χ0v) is 17.3. The third kappa shape index (κ3) is 4.30. The Morgan fingerprint density at radius 1 is 1.10 bits per heavy atom. The lowest BCUT2D eigenvalue weighted by atomic mass is 10.1. The molecule has 0 atom stereocenters. The summed E-state index contributed by atoms with van der Waals surface area (Å²) in [6.07, 6.45) is -2.65. The molecule has 31 heavy (non-hydrogen) atoms. The van der Waals surface area contributed by atoms with Crippen molar-refractivity contribution in [1.82, 2.24) is 9.55 Å². The molecule has 1 aliphatic heterocycles. The number of morpholine rings is 1. The van der Waals surface area contributed by atoms with E-state index in [1.807, 2.05) is 11.8 Å². The van der Waals surface area contributed by atoms with E-state index >= 15 is 0 Å². The predicted octanol–water partition coefficient (Wildman–Crippen LogP) is 4.58. The molecule has 3 aromatic rings. The maximum Gasteiger partial charge on any atom is 0.418 e. The van der Waals surface area contributed by atoms with E-state index in [2.05, 4.69) is 4.98 Å². The van der Waals surface area contributed by atoms with Gasteiger partial charge in [-0.25, -0.2) is 4.98 Å². The van der Waals surface area contributed by atoms with Gasteiger partial charge in [-0.1, -0.05) is 25.5 Å². The molecule has 1 aliphatic rings. The fourth-order valence-electron chi connectivity index (χ4n) is 3.89. The minimum atomic E-state index is -4.62. The molecule has 1 saturated heterocycles. The molecule has 0 spiro atoms. The molecule has 0 saturated carbocycles. The van der Waals surface area contributed by atoms with Crippen molar-refractivity contribution in [3.8, 4) is 5.69 Å². The highest BCUT2D eigenvalue weighted by Crippen LogP contribution is 2.37. The molecule has 5 nitrogen and oxygen atoms in total. The Labute approximate surface area is 178 Å². The summed E-state index contributed by atoms with van der Waals surface area (Å²) >= 11 is 0. The van der Waals surface area contributed by atoms with E-state index in [1.54, 1.807) is 30.3 Å². The van der Waals surface area contributed by atoms with Crippen LogP contribution in [0.2, 0.25) is 0 Å². The molecule has 0 amide bonds. The van der Waals surface area contributed by atoms with Gasteiger partial charge in [0.05, 0.1) is 35.4 Å². The van der Waals surface area contributed by atoms with Crippen LogP contribution >= 0.6 is 0 Å². The second kappa shape index (κ2) is 8.70. The topological polar surface area (TPSA) is 47.4 Å². The van der Waals surface area contributed by atoms with Gasteiger partial charge in [0.1, 0.15) is 5.82 Å². The van der Waals surface area contributed by atoms with Crippen LogP contribution in [0.25, 0.3) is 16.6 Å². The summed E-state index contributed by atoms with van der Waals surface area (Å²) in [5, 5.41) is 0.299. The number of fused-ring (bicyclic) bond motifs is 1. The lowest BCUT2D eigenvalue weighted by molar-refractivity contribution is -0.137. The summed E-state index contributed by atoms with van der Waals surface area (Å²) < 4.78 is 48.8. The first-order chi connectivity index (χ1) is 14.9. The van der Waals surface area contributed by atoms with Crippen LogP contribution in [0.1, 0.15) is 31.2 Å². The van der Waals surface area contributed by atoms with Gasteiger partial charge in [-0.3, -0.25) is 9.36 Å². The van der Waals surface area contributed by atoms with E-state index in [0.29, 0.717) is 55.1 Å². The van der Waals surface area contributed by atoms with Crippen LogP contribution in [-0.2, 0) is 17.3 Å². The molecule has 1 fully saturated rings. The maximum atomic E-state index is 14.1. The van der Waals surface area contributed by atoms with Crippen molar-refractivity contribution in [1.29, 1.82) is 0 Å². The van der Waals surface area contributed by atoms with E-state index < -0.39 is 17.3 Å². The van der Waals surface area contributed by atoms with Crippen LogP contribution in [0.15, 0.2) is 47.3 Å². The number of para-hydroxylation sites is 1. The number of hydrogen-bond acceptors (Lipinski definition) is 4. The van der Waals surface area contributed by atoms with Gasteiger partial charge in [-0.2, -0.15) is 13.2 Å². The number of nitrogens with zero attached hydrogens (tertiary/aromatic N) is 3. The summed E-state index contributed by atoms with van der Waals surface area (Å²) in [4.78, 5) is 19.7. The van der Waals surface area contributed by atoms with Gasteiger partial charge in [0, 0.05) is 25.2 Å². The molecule has 8 heteroatoms. The fourth-order valence-corrected chi connectivity index (χ4v) is 3.89. The lowest BCUT2D eigenvalue weighted by Gasteiger charge is -2.30. The van der Waals surface area contributed by atoms with E-state index in [9.17, 15) is 18.0 Å². The van der Waals surface area contributed by atoms with Crippen LogP contribution < -0.4 is 10.5 Å². The van der Waals surface area contributed by atoms with Crippen molar-refractivity contribution in [3.05, 3.63) is 64.2 Å². The molecule has 164 valence electrons. The smallest absolute Gasteiger partial charge is 0.378 e. The SMILES string of the molecule is CCCCc1nc2ccccc2c(=O)n1-c1ccc(N2CCOCC2)cc1C(F)(F)F. The Kier molecular flexibility index (Phi) is 6.00. The van der Waals surface area contributed by atoms with Crippen molar-refractivity contribution < 1.29 is 17.9 Å². The van der Waals surface area contributed by atoms with Crippen LogP contribution in [0.5, 0.6) is 0 Å². The summed E-state index contributed by atoms with van der Waals surface area (Å²) in [5.74, 6) is 0.343. The van der Waals surface area contributed by atoms with Crippen molar-refractivity contribution in [3.63, 3.8) is 0 Å². The fraction of sp³-hybridized carbons (Fsp3) is 0.391. The predicted molar refractivity (Wildman–Crippen MR) is 114 cm³/mol. The van der Waals surface area contributed by atoms with Gasteiger partial charge in [0.15, 0.2) is 0 Å². The molecule has 0 unspecified atom stereocenters. The highest BCUT2D eigenvalue weighted by Gasteiger charge is 2.36. The van der Waals surface area contributed by atoms with Gasteiger partial charge in [0.2, 0.25) is 0 Å². The van der Waals surface area contributed by atoms with Crippen molar-refractivity contribution >= 4 is 16.6 Å². The first-order valence-electron chi connectivity index (χ1n) is 10.4. The minimum absolute atomic E-state index is 0.182. The Hall–Kier alpha value is -2.87. The average Bonchev–Trinajstić information content (AvgIpc) is 2.77. The van der Waals surface area contributed by atoms with Crippen molar-refractivity contribution in [2.45, 2.75) is 32.4 Å². The zero-order chi connectivity index (χ0) is 22.0. The Morgan fingerprint density at radius 2 is 1.84 bits per heavy atom. The van der Waals surface area contributed by atoms with E-state index in [0.717, 1.165) is 23.5 Å². The molecule has 4 rings (SSSR count). The summed E-state index contributed by atoms with van der Waals surface area (Å²) in [5.41, 5.74) is -0.543. The van der Waals surface area contributed by atoms with Crippen molar-refractivity contribution in [2.24, 2.45) is 0 Å². The number of halogens is 3. The highest BCUT2D eigenvalue weighted by molar-refractivity contribution is 5.78. The molecular weight excluding hydrogens is 407 g/mol. The number of aromatic nitrogens is 2. The molecule has 2 aromatic carbocycles. The van der Waals surface area contributed by atoms with E-state index in [1.165, 1.54) is 6.07 Å². The monoisotopic (exact) mass is 431 g/mol. The standard InChI is InChI=1S/C23H24F3N3O2/c1-2-3-8-21-27-19-7-5-4-6-17(19)22(30)29(21)20-10-9-16(15-18(20)23(24,25)26)28-11-13-31-14-12-28/h4-7,9-10,15H,2-3,8,11-14H2,1H3. The first kappa shape index (κ1) is 21.4. The minimum Gasteiger partial charge on any atom is -0.378 e. The van der Waals surface area contributed by atoms with Gasteiger partial charge in [-0.15, -0.1) is 0 Å². The number of anilines is 1. The van der Waals surface area contributed by atoms with Crippen molar-refractivity contribution in [2.75, 3.05) is 31.2 Å². The third-order valence-corrected chi connectivity index (χ3v) is 5.50. The summed E-state index contributed by atoms with van der Waals surface area (Å²) in [6, 6.07) is 10.9. The second-order valence-electron chi connectivity index (χ2n) is 7.59. The molecule has 0 radical (unpaired) electrons. The highest BCUT2D eigenvalue weighted by atomic mass is 19.4. The van der Waals surface area contributed by atoms with E-state index in [4.69, 9.17) is 4.74 Å². The summed E-state index contributed by atoms with van der Waals surface area (Å²) in [6.45, 7) is 3.98. The van der Waals surface area contributed by atoms with Crippen LogP contribution in [0.4, 0.5) is 18.9 Å². The number of aryl methyl sites for hydroxylation is 1. The van der Waals surface area contributed by atoms with Gasteiger partial charge in [0.25, 0.3) is 5.56 Å². The third-order valence-electron chi connectivity index (χ3n) is 5.50. The number of alkyl halides is 3. The maximum absolute atomic E-state index is 14.1. The van der Waals surface area contributed by atoms with Gasteiger partial charge >= 0.3 is 6.18 Å². The quantitative estimate of drug-likeness (QED) is 0.593. The lowest BCUT2D eigenvalue weighted by Crippen LogP contribution is -2.36. The number of ether oxygens (including phenoxy) is 1. The number of rotatable bonds is 5. The van der Waals surface area contributed by atoms with E-state index in [-0.39, 0.29) is 5.69 Å². The molecular formula is C23H24F3N3O2. The number of hydrogen-bond donors (Lipinski definition) is 0. The van der Waals surface area contributed by atoms with Crippen LogP contribution in [0.3, 0.4) is 0 Å². The molecule has 0 bridgehead atoms. The Morgan fingerprint density at radius 3 is 2.55 bits per heavy atom. The second-order valence-corrected chi connectivity index (χ2v) is 7.59. The number of benzene rings is 2. The molecule has 0 N–H and O–H groups in total. The normalized spacial score (nSPS) is 14.9. The Bertz CT molecular complexity index is 1140.